The maximum atomic E-state index is 13.9. The number of rotatable bonds is 4. The minimum absolute atomic E-state index is 0.0544. The summed E-state index contributed by atoms with van der Waals surface area (Å²) >= 11 is 0. The lowest BCUT2D eigenvalue weighted by Gasteiger charge is -2.27. The Hall–Kier alpha value is -0.930. The third-order valence-electron chi connectivity index (χ3n) is 3.53. The fourth-order valence-electron chi connectivity index (χ4n) is 2.63. The molecule has 17 heavy (non-hydrogen) atoms. The second-order valence-corrected chi connectivity index (χ2v) is 4.59. The van der Waals surface area contributed by atoms with Gasteiger partial charge in [0.1, 0.15) is 5.82 Å². The van der Waals surface area contributed by atoms with Gasteiger partial charge in [-0.25, -0.2) is 4.39 Å². The summed E-state index contributed by atoms with van der Waals surface area (Å²) in [6.45, 7) is 5.74. The molecule has 1 fully saturated rings. The predicted octanol–water partition coefficient (Wildman–Crippen LogP) is 2.90. The lowest BCUT2D eigenvalue weighted by molar-refractivity contribution is 0.0951. The second kappa shape index (κ2) is 5.61. The van der Waals surface area contributed by atoms with Gasteiger partial charge in [0, 0.05) is 24.1 Å². The third kappa shape index (κ3) is 2.67. The van der Waals surface area contributed by atoms with Crippen molar-refractivity contribution >= 4 is 0 Å². The van der Waals surface area contributed by atoms with Crippen molar-refractivity contribution in [3.8, 4) is 0 Å². The van der Waals surface area contributed by atoms with E-state index in [2.05, 4.69) is 12.2 Å². The van der Waals surface area contributed by atoms with E-state index in [-0.39, 0.29) is 18.0 Å². The maximum Gasteiger partial charge on any atom is 0.127 e. The minimum Gasteiger partial charge on any atom is -0.378 e. The Morgan fingerprint density at radius 2 is 2.24 bits per heavy atom. The summed E-state index contributed by atoms with van der Waals surface area (Å²) in [5.41, 5.74) is 0.761. The van der Waals surface area contributed by atoms with E-state index in [1.807, 2.05) is 19.1 Å². The normalized spacial score (nSPS) is 26.1. The molecule has 1 aliphatic rings. The summed E-state index contributed by atoms with van der Waals surface area (Å²) in [5.74, 6) is 0.226. The van der Waals surface area contributed by atoms with Crippen molar-refractivity contribution in [2.24, 2.45) is 5.92 Å². The summed E-state index contributed by atoms with van der Waals surface area (Å²) < 4.78 is 19.5. The van der Waals surface area contributed by atoms with Crippen LogP contribution in [0.3, 0.4) is 0 Å². The number of hydrogen-bond donors (Lipinski definition) is 1. The van der Waals surface area contributed by atoms with Gasteiger partial charge in [0.25, 0.3) is 0 Å². The van der Waals surface area contributed by atoms with Gasteiger partial charge in [-0.05, 0) is 26.0 Å². The second-order valence-electron chi connectivity index (χ2n) is 4.59. The molecule has 0 bridgehead atoms. The minimum atomic E-state index is -0.127. The summed E-state index contributed by atoms with van der Waals surface area (Å²) in [6, 6.07) is 7.08. The molecule has 0 radical (unpaired) electrons. The van der Waals surface area contributed by atoms with E-state index >= 15 is 0 Å². The van der Waals surface area contributed by atoms with Crippen molar-refractivity contribution in [3.05, 3.63) is 35.6 Å². The topological polar surface area (TPSA) is 21.3 Å². The molecule has 3 atom stereocenters. The van der Waals surface area contributed by atoms with E-state index in [0.29, 0.717) is 5.92 Å². The van der Waals surface area contributed by atoms with Crippen LogP contribution in [0.5, 0.6) is 0 Å². The highest BCUT2D eigenvalue weighted by Gasteiger charge is 2.33. The zero-order chi connectivity index (χ0) is 12.3. The van der Waals surface area contributed by atoms with Crippen LogP contribution in [0.4, 0.5) is 4.39 Å². The van der Waals surface area contributed by atoms with Crippen LogP contribution < -0.4 is 5.32 Å². The van der Waals surface area contributed by atoms with E-state index < -0.39 is 0 Å². The first-order valence-corrected chi connectivity index (χ1v) is 6.33. The van der Waals surface area contributed by atoms with Gasteiger partial charge in [0.15, 0.2) is 0 Å². The molecule has 2 nitrogen and oxygen atoms in total. The van der Waals surface area contributed by atoms with Crippen LogP contribution in [0, 0.1) is 11.7 Å². The van der Waals surface area contributed by atoms with Gasteiger partial charge in [-0.1, -0.05) is 25.1 Å². The number of benzene rings is 1. The summed E-state index contributed by atoms with van der Waals surface area (Å²) in [7, 11) is 0. The molecule has 3 heteroatoms. The summed E-state index contributed by atoms with van der Waals surface area (Å²) in [6.07, 6.45) is 1.19. The summed E-state index contributed by atoms with van der Waals surface area (Å²) in [5, 5.41) is 3.39. The molecule has 2 rings (SSSR count). The molecule has 0 saturated carbocycles. The van der Waals surface area contributed by atoms with Crippen molar-refractivity contribution in [1.82, 2.24) is 5.32 Å². The molecule has 94 valence electrons. The van der Waals surface area contributed by atoms with Gasteiger partial charge in [0.05, 0.1) is 6.10 Å². The van der Waals surface area contributed by atoms with E-state index in [9.17, 15) is 4.39 Å². The van der Waals surface area contributed by atoms with E-state index in [4.69, 9.17) is 4.74 Å². The Morgan fingerprint density at radius 1 is 1.47 bits per heavy atom. The van der Waals surface area contributed by atoms with Gasteiger partial charge in [-0.3, -0.25) is 0 Å². The Kier molecular flexibility index (Phi) is 4.13. The molecule has 0 aliphatic carbocycles. The molecule has 0 amide bonds. The van der Waals surface area contributed by atoms with Gasteiger partial charge < -0.3 is 10.1 Å². The highest BCUT2D eigenvalue weighted by Crippen LogP contribution is 2.34. The largest absolute Gasteiger partial charge is 0.378 e. The van der Waals surface area contributed by atoms with Gasteiger partial charge in [-0.15, -0.1) is 0 Å². The zero-order valence-corrected chi connectivity index (χ0v) is 10.4. The summed E-state index contributed by atoms with van der Waals surface area (Å²) in [4.78, 5) is 0. The van der Waals surface area contributed by atoms with Crippen LogP contribution in [0.25, 0.3) is 0 Å². The van der Waals surface area contributed by atoms with Crippen LogP contribution >= 0.6 is 0 Å². The van der Waals surface area contributed by atoms with Crippen LogP contribution in [-0.4, -0.2) is 19.3 Å². The molecule has 1 N–H and O–H groups in total. The molecule has 1 aromatic carbocycles. The molecule has 3 unspecified atom stereocenters. The van der Waals surface area contributed by atoms with Crippen molar-refractivity contribution in [3.63, 3.8) is 0 Å². The Labute approximate surface area is 102 Å². The molecule has 0 aromatic heterocycles. The number of ether oxygens (including phenoxy) is 1. The van der Waals surface area contributed by atoms with Crippen molar-refractivity contribution in [2.45, 2.75) is 32.4 Å². The molecular weight excluding hydrogens is 217 g/mol. The quantitative estimate of drug-likeness (QED) is 0.869. The number of hydrogen-bond acceptors (Lipinski definition) is 2. The number of halogens is 1. The number of nitrogens with one attached hydrogen (secondary N) is 1. The van der Waals surface area contributed by atoms with Gasteiger partial charge in [-0.2, -0.15) is 0 Å². The SMILES string of the molecule is CCNC(c1ccccc1F)C1CCOC1C. The molecule has 0 spiro atoms. The first-order chi connectivity index (χ1) is 8.24. The molecule has 1 aromatic rings. The fourth-order valence-corrected chi connectivity index (χ4v) is 2.63. The first-order valence-electron chi connectivity index (χ1n) is 6.33. The van der Waals surface area contributed by atoms with Crippen molar-refractivity contribution < 1.29 is 9.13 Å². The molecular formula is C14H20FNO. The van der Waals surface area contributed by atoms with E-state index in [1.165, 1.54) is 6.07 Å². The molecule has 1 heterocycles. The van der Waals surface area contributed by atoms with Crippen molar-refractivity contribution in [2.75, 3.05) is 13.2 Å². The zero-order valence-electron chi connectivity index (χ0n) is 10.4. The average Bonchev–Trinajstić information content (AvgIpc) is 2.74. The standard InChI is InChI=1S/C14H20FNO/c1-3-16-14(11-8-9-17-10(11)2)12-6-4-5-7-13(12)15/h4-7,10-11,14,16H,3,8-9H2,1-2H3. The Morgan fingerprint density at radius 3 is 2.82 bits per heavy atom. The third-order valence-corrected chi connectivity index (χ3v) is 3.53. The van der Waals surface area contributed by atoms with Crippen LogP contribution in [0.1, 0.15) is 31.9 Å². The van der Waals surface area contributed by atoms with E-state index in [1.54, 1.807) is 6.07 Å². The molecule has 1 saturated heterocycles. The Bertz CT molecular complexity index is 369. The van der Waals surface area contributed by atoms with Crippen LogP contribution in [0.2, 0.25) is 0 Å². The van der Waals surface area contributed by atoms with E-state index in [0.717, 1.165) is 25.1 Å². The highest BCUT2D eigenvalue weighted by atomic mass is 19.1. The predicted molar refractivity (Wildman–Crippen MR) is 66.3 cm³/mol. The monoisotopic (exact) mass is 237 g/mol. The Balaban J connectivity index is 2.25. The average molecular weight is 237 g/mol. The smallest absolute Gasteiger partial charge is 0.127 e. The first kappa shape index (κ1) is 12.5. The molecule has 1 aliphatic heterocycles. The van der Waals surface area contributed by atoms with Gasteiger partial charge in [0.2, 0.25) is 0 Å². The fraction of sp³-hybridized carbons (Fsp3) is 0.571. The van der Waals surface area contributed by atoms with Crippen LogP contribution in [0.15, 0.2) is 24.3 Å². The van der Waals surface area contributed by atoms with Gasteiger partial charge >= 0.3 is 0 Å². The van der Waals surface area contributed by atoms with Crippen molar-refractivity contribution in [1.29, 1.82) is 0 Å². The highest BCUT2D eigenvalue weighted by molar-refractivity contribution is 5.22. The lowest BCUT2D eigenvalue weighted by atomic mass is 9.88. The lowest BCUT2D eigenvalue weighted by Crippen LogP contribution is -2.32. The van der Waals surface area contributed by atoms with Crippen LogP contribution in [-0.2, 0) is 4.74 Å². The maximum absolute atomic E-state index is 13.9.